The fourth-order valence-corrected chi connectivity index (χ4v) is 3.50. The molecule has 0 spiro atoms. The highest BCUT2D eigenvalue weighted by molar-refractivity contribution is 6.07. The van der Waals surface area contributed by atoms with Crippen molar-refractivity contribution in [1.82, 2.24) is 19.9 Å². The Kier molecular flexibility index (Phi) is 6.47. The molecule has 1 aliphatic carbocycles. The van der Waals surface area contributed by atoms with Gasteiger partial charge in [0.25, 0.3) is 5.91 Å². The first kappa shape index (κ1) is 22.3. The molecule has 0 radical (unpaired) electrons. The molecule has 0 unspecified atom stereocenters. The van der Waals surface area contributed by atoms with Gasteiger partial charge in [0, 0.05) is 37.9 Å². The number of carbonyl (C=O) groups excluding carboxylic acids is 1. The molecule has 0 aliphatic heterocycles. The smallest absolute Gasteiger partial charge is 0.259 e. The van der Waals surface area contributed by atoms with Crippen molar-refractivity contribution >= 4 is 23.4 Å². The van der Waals surface area contributed by atoms with Gasteiger partial charge in [0.2, 0.25) is 11.8 Å². The van der Waals surface area contributed by atoms with Gasteiger partial charge in [-0.1, -0.05) is 0 Å². The Morgan fingerprint density at radius 1 is 0.971 bits per heavy atom. The third-order valence-corrected chi connectivity index (χ3v) is 5.56. The molecule has 3 aromatic heterocycles. The van der Waals surface area contributed by atoms with Crippen LogP contribution >= 0.6 is 0 Å². The Morgan fingerprint density at radius 3 is 2.57 bits per heavy atom. The number of ether oxygens (including phenoxy) is 1. The molecule has 176 valence electrons. The average molecular weight is 468 g/mol. The summed E-state index contributed by atoms with van der Waals surface area (Å²) >= 11 is 0. The highest BCUT2D eigenvalue weighted by atomic mass is 16.5. The quantitative estimate of drug-likeness (QED) is 0.320. The third-order valence-electron chi connectivity index (χ3n) is 5.56. The van der Waals surface area contributed by atoms with Gasteiger partial charge in [-0.2, -0.15) is 0 Å². The largest absolute Gasteiger partial charge is 0.438 e. The van der Waals surface area contributed by atoms with E-state index in [1.165, 1.54) is 12.8 Å². The van der Waals surface area contributed by atoms with Crippen LogP contribution in [0, 0.1) is 5.92 Å². The first-order chi connectivity index (χ1) is 17.2. The standard InChI is InChI=1S/C26H25N7O2/c1-27-26-30-15-12-22(33-26)20-4-2-14-29-25(20)35-19-10-8-18(9-11-19)32-24(34)21-5-3-13-28-23(21)31-16-17-6-7-17/h2-5,8-15,17H,6-7,16H2,1H3,(H,28,31)(H,32,34)(H,27,30,33). The number of carbonyl (C=O) groups is 1. The maximum atomic E-state index is 12.9. The van der Waals surface area contributed by atoms with Gasteiger partial charge in [0.05, 0.1) is 16.8 Å². The lowest BCUT2D eigenvalue weighted by atomic mass is 10.2. The van der Waals surface area contributed by atoms with Crippen molar-refractivity contribution in [3.05, 3.63) is 78.8 Å². The molecule has 4 aromatic rings. The third kappa shape index (κ3) is 5.52. The summed E-state index contributed by atoms with van der Waals surface area (Å²) in [6, 6.07) is 16.2. The Bertz CT molecular complexity index is 1320. The zero-order chi connectivity index (χ0) is 24.0. The van der Waals surface area contributed by atoms with E-state index < -0.39 is 0 Å². The summed E-state index contributed by atoms with van der Waals surface area (Å²) in [4.78, 5) is 30.2. The summed E-state index contributed by atoms with van der Waals surface area (Å²) in [6.45, 7) is 0.837. The first-order valence-electron chi connectivity index (χ1n) is 11.4. The number of amides is 1. The van der Waals surface area contributed by atoms with Crippen molar-refractivity contribution in [2.24, 2.45) is 5.92 Å². The van der Waals surface area contributed by atoms with Crippen LogP contribution in [0.2, 0.25) is 0 Å². The lowest BCUT2D eigenvalue weighted by Gasteiger charge is -2.12. The number of benzene rings is 1. The number of hydrogen-bond donors (Lipinski definition) is 3. The van der Waals surface area contributed by atoms with Gasteiger partial charge in [-0.3, -0.25) is 4.79 Å². The molecule has 3 heterocycles. The van der Waals surface area contributed by atoms with Gasteiger partial charge in [0.15, 0.2) is 0 Å². The van der Waals surface area contributed by atoms with Crippen molar-refractivity contribution in [1.29, 1.82) is 0 Å². The summed E-state index contributed by atoms with van der Waals surface area (Å²) in [7, 11) is 1.76. The highest BCUT2D eigenvalue weighted by Crippen LogP contribution is 2.31. The summed E-state index contributed by atoms with van der Waals surface area (Å²) in [6.07, 6.45) is 7.48. The fraction of sp³-hybridized carbons (Fsp3) is 0.192. The van der Waals surface area contributed by atoms with Gasteiger partial charge < -0.3 is 20.7 Å². The fourth-order valence-electron chi connectivity index (χ4n) is 3.50. The van der Waals surface area contributed by atoms with Crippen molar-refractivity contribution in [2.75, 3.05) is 29.5 Å². The number of aromatic nitrogens is 4. The zero-order valence-corrected chi connectivity index (χ0v) is 19.2. The zero-order valence-electron chi connectivity index (χ0n) is 19.2. The molecule has 0 atom stereocenters. The molecule has 9 heteroatoms. The van der Waals surface area contributed by atoms with Crippen LogP contribution in [-0.2, 0) is 0 Å². The molecule has 35 heavy (non-hydrogen) atoms. The maximum Gasteiger partial charge on any atom is 0.259 e. The Balaban J connectivity index is 1.28. The van der Waals surface area contributed by atoms with Crippen LogP contribution in [0.25, 0.3) is 11.3 Å². The molecular formula is C26H25N7O2. The van der Waals surface area contributed by atoms with Gasteiger partial charge in [-0.25, -0.2) is 19.9 Å². The molecule has 1 aliphatic rings. The van der Waals surface area contributed by atoms with E-state index in [-0.39, 0.29) is 5.91 Å². The molecule has 1 fully saturated rings. The Labute approximate surface area is 203 Å². The minimum atomic E-state index is -0.221. The van der Waals surface area contributed by atoms with Gasteiger partial charge in [-0.15, -0.1) is 0 Å². The second kappa shape index (κ2) is 10.2. The molecule has 3 N–H and O–H groups in total. The minimum Gasteiger partial charge on any atom is -0.438 e. The number of pyridine rings is 2. The second-order valence-corrected chi connectivity index (χ2v) is 8.18. The van der Waals surface area contributed by atoms with Gasteiger partial charge >= 0.3 is 0 Å². The van der Waals surface area contributed by atoms with Crippen LogP contribution in [0.15, 0.2) is 73.2 Å². The molecule has 0 saturated heterocycles. The van der Waals surface area contributed by atoms with E-state index in [2.05, 4.69) is 35.9 Å². The normalized spacial score (nSPS) is 12.6. The van der Waals surface area contributed by atoms with Crippen LogP contribution in [0.3, 0.4) is 0 Å². The van der Waals surface area contributed by atoms with Gasteiger partial charge in [-0.05, 0) is 73.4 Å². The van der Waals surface area contributed by atoms with Crippen molar-refractivity contribution in [2.45, 2.75) is 12.8 Å². The van der Waals surface area contributed by atoms with Crippen LogP contribution in [0.5, 0.6) is 11.6 Å². The molecule has 1 aromatic carbocycles. The van der Waals surface area contributed by atoms with Crippen molar-refractivity contribution < 1.29 is 9.53 Å². The first-order valence-corrected chi connectivity index (χ1v) is 11.4. The van der Waals surface area contributed by atoms with E-state index in [0.717, 1.165) is 12.1 Å². The van der Waals surface area contributed by atoms with E-state index in [9.17, 15) is 4.79 Å². The molecule has 9 nitrogen and oxygen atoms in total. The van der Waals surface area contributed by atoms with E-state index in [0.29, 0.717) is 46.3 Å². The Hall–Kier alpha value is -4.53. The van der Waals surface area contributed by atoms with Crippen molar-refractivity contribution in [3.8, 4) is 22.9 Å². The lowest BCUT2D eigenvalue weighted by Crippen LogP contribution is -2.16. The SMILES string of the molecule is CNc1nccc(-c2cccnc2Oc2ccc(NC(=O)c3cccnc3NCC3CC3)cc2)n1. The van der Waals surface area contributed by atoms with Crippen molar-refractivity contribution in [3.63, 3.8) is 0 Å². The second-order valence-electron chi connectivity index (χ2n) is 8.18. The van der Waals surface area contributed by atoms with Crippen LogP contribution in [-0.4, -0.2) is 39.4 Å². The monoisotopic (exact) mass is 467 g/mol. The number of nitrogens with zero attached hydrogens (tertiary/aromatic N) is 4. The molecule has 0 bridgehead atoms. The predicted molar refractivity (Wildman–Crippen MR) is 135 cm³/mol. The topological polar surface area (TPSA) is 114 Å². The highest BCUT2D eigenvalue weighted by Gasteiger charge is 2.22. The molecule has 5 rings (SSSR count). The van der Waals surface area contributed by atoms with E-state index >= 15 is 0 Å². The number of rotatable bonds is 9. The van der Waals surface area contributed by atoms with E-state index in [4.69, 9.17) is 4.74 Å². The van der Waals surface area contributed by atoms with Crippen LogP contribution < -0.4 is 20.7 Å². The summed E-state index contributed by atoms with van der Waals surface area (Å²) in [5.41, 5.74) is 2.60. The number of anilines is 3. The van der Waals surface area contributed by atoms with E-state index in [1.54, 1.807) is 68.1 Å². The predicted octanol–water partition coefficient (Wildman–Crippen LogP) is 4.84. The van der Waals surface area contributed by atoms with Crippen LogP contribution in [0.4, 0.5) is 17.5 Å². The summed E-state index contributed by atoms with van der Waals surface area (Å²) < 4.78 is 6.04. The number of nitrogens with one attached hydrogen (secondary N) is 3. The Morgan fingerprint density at radius 2 is 1.77 bits per heavy atom. The number of hydrogen-bond acceptors (Lipinski definition) is 8. The molecular weight excluding hydrogens is 442 g/mol. The summed E-state index contributed by atoms with van der Waals surface area (Å²) in [5, 5.41) is 9.15. The maximum absolute atomic E-state index is 12.9. The van der Waals surface area contributed by atoms with Crippen LogP contribution in [0.1, 0.15) is 23.2 Å². The van der Waals surface area contributed by atoms with Gasteiger partial charge in [0.1, 0.15) is 11.6 Å². The lowest BCUT2D eigenvalue weighted by molar-refractivity contribution is 0.102. The van der Waals surface area contributed by atoms with E-state index in [1.807, 2.05) is 12.1 Å². The molecule has 1 amide bonds. The minimum absolute atomic E-state index is 0.221. The average Bonchev–Trinajstić information content (AvgIpc) is 3.74. The summed E-state index contributed by atoms with van der Waals surface area (Å²) in [5.74, 6) is 2.58. The molecule has 1 saturated carbocycles.